The van der Waals surface area contributed by atoms with Crippen LogP contribution in [0.5, 0.6) is 5.75 Å². The van der Waals surface area contributed by atoms with Gasteiger partial charge in [0, 0.05) is 11.1 Å². The summed E-state index contributed by atoms with van der Waals surface area (Å²) in [7, 11) is 0. The number of carbonyl (C=O) groups excluding carboxylic acids is 3. The number of fused-ring (bicyclic) bond motifs is 1. The molecule has 1 atom stereocenters. The van der Waals surface area contributed by atoms with Gasteiger partial charge in [0.1, 0.15) is 11.3 Å². The van der Waals surface area contributed by atoms with Crippen LogP contribution in [0.4, 0.5) is 4.79 Å². The molecule has 1 heterocycles. The minimum absolute atomic E-state index is 0.0154. The smallest absolute Gasteiger partial charge is 0.325 e. The predicted octanol–water partition coefficient (Wildman–Crippen LogP) is 4.41. The monoisotopic (exact) mass is 416 g/mol. The van der Waals surface area contributed by atoms with E-state index in [1.165, 1.54) is 11.8 Å². The number of ether oxygens (including phenoxy) is 1. The van der Waals surface area contributed by atoms with Crippen molar-refractivity contribution in [3.05, 3.63) is 77.4 Å². The van der Waals surface area contributed by atoms with Crippen LogP contribution in [0.25, 0.3) is 10.8 Å². The molecule has 6 nitrogen and oxygen atoms in total. The number of urea groups is 1. The van der Waals surface area contributed by atoms with Gasteiger partial charge in [-0.1, -0.05) is 42.5 Å². The third kappa shape index (κ3) is 3.54. The summed E-state index contributed by atoms with van der Waals surface area (Å²) < 4.78 is 5.67. The number of hydrogen-bond donors (Lipinski definition) is 1. The summed E-state index contributed by atoms with van der Waals surface area (Å²) in [6, 6.07) is 18.1. The molecule has 1 fully saturated rings. The first-order valence-electron chi connectivity index (χ1n) is 10.2. The van der Waals surface area contributed by atoms with E-state index in [0.717, 1.165) is 16.3 Å². The topological polar surface area (TPSA) is 75.7 Å². The summed E-state index contributed by atoms with van der Waals surface area (Å²) in [5.41, 5.74) is 0.665. The molecule has 0 radical (unpaired) electrons. The van der Waals surface area contributed by atoms with Crippen LogP contribution in [0.2, 0.25) is 0 Å². The van der Waals surface area contributed by atoms with Gasteiger partial charge in [-0.05, 0) is 55.3 Å². The molecule has 3 aromatic carbocycles. The van der Waals surface area contributed by atoms with E-state index in [1.807, 2.05) is 49.4 Å². The molecule has 3 amide bonds. The average molecular weight is 416 g/mol. The first-order chi connectivity index (χ1) is 14.8. The Hall–Kier alpha value is -3.67. The lowest BCUT2D eigenvalue weighted by Gasteiger charge is -2.24. The number of imide groups is 1. The number of nitrogens with one attached hydrogen (secondary N) is 1. The highest BCUT2D eigenvalue weighted by atomic mass is 16.5. The van der Waals surface area contributed by atoms with Gasteiger partial charge in [0.05, 0.1) is 13.2 Å². The van der Waals surface area contributed by atoms with Crippen LogP contribution in [0, 0.1) is 0 Å². The molecule has 31 heavy (non-hydrogen) atoms. The predicted molar refractivity (Wildman–Crippen MR) is 118 cm³/mol. The van der Waals surface area contributed by atoms with Crippen LogP contribution in [0.3, 0.4) is 0 Å². The van der Waals surface area contributed by atoms with E-state index in [4.69, 9.17) is 4.74 Å². The average Bonchev–Trinajstić information content (AvgIpc) is 2.98. The molecule has 0 unspecified atom stereocenters. The SMILES string of the molecule is CCOc1ccc(C(C)=O)cc1CN1C(=O)N[C@@](C)(c2cccc3ccccc23)C1=O. The van der Waals surface area contributed by atoms with Gasteiger partial charge < -0.3 is 10.1 Å². The number of carbonyl (C=O) groups is 3. The highest BCUT2D eigenvalue weighted by molar-refractivity contribution is 6.09. The van der Waals surface area contributed by atoms with Gasteiger partial charge in [-0.15, -0.1) is 0 Å². The molecule has 0 aliphatic carbocycles. The van der Waals surface area contributed by atoms with Crippen molar-refractivity contribution in [2.75, 3.05) is 6.61 Å². The zero-order valence-corrected chi connectivity index (χ0v) is 17.8. The molecular weight excluding hydrogens is 392 g/mol. The van der Waals surface area contributed by atoms with Crippen molar-refractivity contribution in [1.82, 2.24) is 10.2 Å². The van der Waals surface area contributed by atoms with Gasteiger partial charge >= 0.3 is 6.03 Å². The van der Waals surface area contributed by atoms with Crippen molar-refractivity contribution in [3.63, 3.8) is 0 Å². The first kappa shape index (κ1) is 20.6. The van der Waals surface area contributed by atoms with E-state index >= 15 is 0 Å². The first-order valence-corrected chi connectivity index (χ1v) is 10.2. The Morgan fingerprint density at radius 3 is 2.55 bits per heavy atom. The molecule has 1 N–H and O–H groups in total. The molecular formula is C25H24N2O4. The van der Waals surface area contributed by atoms with E-state index in [9.17, 15) is 14.4 Å². The maximum absolute atomic E-state index is 13.5. The van der Waals surface area contributed by atoms with Crippen LogP contribution in [-0.4, -0.2) is 29.2 Å². The zero-order chi connectivity index (χ0) is 22.2. The second-order valence-corrected chi connectivity index (χ2v) is 7.78. The summed E-state index contributed by atoms with van der Waals surface area (Å²) in [6.07, 6.45) is 0. The fourth-order valence-corrected chi connectivity index (χ4v) is 4.07. The Kier molecular flexibility index (Phi) is 5.23. The largest absolute Gasteiger partial charge is 0.494 e. The van der Waals surface area contributed by atoms with Crippen molar-refractivity contribution in [3.8, 4) is 5.75 Å². The van der Waals surface area contributed by atoms with Gasteiger partial charge in [0.15, 0.2) is 5.78 Å². The quantitative estimate of drug-likeness (QED) is 0.477. The molecule has 0 aromatic heterocycles. The lowest BCUT2D eigenvalue weighted by Crippen LogP contribution is -2.41. The molecule has 3 aromatic rings. The summed E-state index contributed by atoms with van der Waals surface area (Å²) in [5.74, 6) is 0.110. The van der Waals surface area contributed by atoms with Gasteiger partial charge in [0.25, 0.3) is 5.91 Å². The van der Waals surface area contributed by atoms with Crippen LogP contribution in [0.15, 0.2) is 60.7 Å². The highest BCUT2D eigenvalue weighted by Gasteiger charge is 2.49. The Morgan fingerprint density at radius 2 is 1.81 bits per heavy atom. The van der Waals surface area contributed by atoms with Gasteiger partial charge in [-0.2, -0.15) is 0 Å². The van der Waals surface area contributed by atoms with E-state index in [2.05, 4.69) is 5.32 Å². The van der Waals surface area contributed by atoms with Crippen molar-refractivity contribution in [2.45, 2.75) is 32.9 Å². The summed E-state index contributed by atoms with van der Waals surface area (Å²) in [6.45, 7) is 5.50. The van der Waals surface area contributed by atoms with E-state index in [1.54, 1.807) is 25.1 Å². The molecule has 6 heteroatoms. The maximum Gasteiger partial charge on any atom is 0.325 e. The second kappa shape index (κ2) is 7.87. The van der Waals surface area contributed by atoms with E-state index in [0.29, 0.717) is 23.5 Å². The van der Waals surface area contributed by atoms with Gasteiger partial charge in [0.2, 0.25) is 0 Å². The molecule has 158 valence electrons. The van der Waals surface area contributed by atoms with Crippen LogP contribution in [0.1, 0.15) is 42.3 Å². The molecule has 1 aliphatic heterocycles. The van der Waals surface area contributed by atoms with Gasteiger partial charge in [-0.25, -0.2) is 4.79 Å². The highest BCUT2D eigenvalue weighted by Crippen LogP contribution is 2.35. The third-order valence-electron chi connectivity index (χ3n) is 5.70. The van der Waals surface area contributed by atoms with E-state index in [-0.39, 0.29) is 18.2 Å². The van der Waals surface area contributed by atoms with Crippen molar-refractivity contribution in [2.24, 2.45) is 0 Å². The number of benzene rings is 3. The molecule has 1 saturated heterocycles. The minimum atomic E-state index is -1.19. The maximum atomic E-state index is 13.5. The number of hydrogen-bond acceptors (Lipinski definition) is 4. The summed E-state index contributed by atoms with van der Waals surface area (Å²) in [5, 5.41) is 4.79. The molecule has 1 aliphatic rings. The van der Waals surface area contributed by atoms with Crippen molar-refractivity contribution >= 4 is 28.5 Å². The molecule has 0 bridgehead atoms. The Balaban J connectivity index is 1.73. The fraction of sp³-hybridized carbons (Fsp3) is 0.240. The second-order valence-electron chi connectivity index (χ2n) is 7.78. The fourth-order valence-electron chi connectivity index (χ4n) is 4.07. The summed E-state index contributed by atoms with van der Waals surface area (Å²) in [4.78, 5) is 39.4. The number of amides is 3. The Labute approximate surface area is 180 Å². The van der Waals surface area contributed by atoms with E-state index < -0.39 is 11.6 Å². The Bertz CT molecular complexity index is 1200. The molecule has 0 spiro atoms. The van der Waals surface area contributed by atoms with Crippen LogP contribution in [-0.2, 0) is 16.9 Å². The normalized spacial score (nSPS) is 18.4. The standard InChI is InChI=1S/C25H24N2O4/c1-4-31-22-13-12-18(16(2)28)14-19(22)15-27-23(29)25(3,26-24(27)30)21-11-7-9-17-8-5-6-10-20(17)21/h5-14H,4,15H2,1-3H3,(H,26,30)/t25-/m0/s1. The number of rotatable bonds is 6. The molecule has 4 rings (SSSR count). The Morgan fingerprint density at radius 1 is 1.06 bits per heavy atom. The third-order valence-corrected chi connectivity index (χ3v) is 5.70. The lowest BCUT2D eigenvalue weighted by molar-refractivity contribution is -0.131. The van der Waals surface area contributed by atoms with Crippen LogP contribution >= 0.6 is 0 Å². The van der Waals surface area contributed by atoms with Crippen molar-refractivity contribution in [1.29, 1.82) is 0 Å². The van der Waals surface area contributed by atoms with Gasteiger partial charge in [-0.3, -0.25) is 14.5 Å². The molecule has 0 saturated carbocycles. The summed E-state index contributed by atoms with van der Waals surface area (Å²) >= 11 is 0. The lowest BCUT2D eigenvalue weighted by atomic mass is 9.87. The van der Waals surface area contributed by atoms with Crippen molar-refractivity contribution < 1.29 is 19.1 Å². The number of ketones is 1. The number of Topliss-reactive ketones (excluding diaryl/α,β-unsaturated/α-hetero) is 1. The van der Waals surface area contributed by atoms with Crippen LogP contribution < -0.4 is 10.1 Å². The number of nitrogens with zero attached hydrogens (tertiary/aromatic N) is 1. The zero-order valence-electron chi connectivity index (χ0n) is 17.8. The minimum Gasteiger partial charge on any atom is -0.494 e.